The second kappa shape index (κ2) is 7.79. The number of carbonyl (C=O) groups is 1. The normalized spacial score (nSPS) is 19.0. The molecule has 1 saturated heterocycles. The fourth-order valence-electron chi connectivity index (χ4n) is 4.15. The average molecular weight is 334 g/mol. The van der Waals surface area contributed by atoms with Crippen LogP contribution in [-0.2, 0) is 4.79 Å². The third kappa shape index (κ3) is 4.15. The molecule has 0 radical (unpaired) electrons. The predicted molar refractivity (Wildman–Crippen MR) is 104 cm³/mol. The number of nitrogens with one attached hydrogen (secondary N) is 1. The van der Waals surface area contributed by atoms with Crippen LogP contribution in [0, 0.1) is 20.8 Å². The Morgan fingerprint density at radius 1 is 1.09 bits per heavy atom. The van der Waals surface area contributed by atoms with E-state index in [0.29, 0.717) is 0 Å². The van der Waals surface area contributed by atoms with E-state index in [4.69, 9.17) is 0 Å². The van der Waals surface area contributed by atoms with Crippen molar-refractivity contribution in [1.82, 2.24) is 0 Å². The standard InChI is InChI=1S/C20H32NOP/c1-6-23(11-9-7-8-10-12-23)18(5)20(22)21-19-16(3)13-15(2)14-17(19)4/h13-14,18H,6-12H2,1-5H3/p+1. The van der Waals surface area contributed by atoms with Crippen molar-refractivity contribution in [2.75, 3.05) is 23.8 Å². The Bertz CT molecular complexity index is 536. The smallest absolute Gasteiger partial charge is 0.264 e. The maximum absolute atomic E-state index is 13.0. The molecule has 1 fully saturated rings. The van der Waals surface area contributed by atoms with Gasteiger partial charge in [0.15, 0.2) is 0 Å². The van der Waals surface area contributed by atoms with Crippen molar-refractivity contribution in [3.63, 3.8) is 0 Å². The fraction of sp³-hybridized carbons (Fsp3) is 0.650. The van der Waals surface area contributed by atoms with Gasteiger partial charge in [0, 0.05) is 12.9 Å². The molecule has 0 aromatic heterocycles. The van der Waals surface area contributed by atoms with Crippen LogP contribution < -0.4 is 5.32 Å². The summed E-state index contributed by atoms with van der Waals surface area (Å²) in [7, 11) is -1.15. The highest BCUT2D eigenvalue weighted by atomic mass is 31.2. The Labute approximate surface area is 142 Å². The molecule has 2 rings (SSSR count). The number of carbonyl (C=O) groups excluding carboxylic acids is 1. The van der Waals surface area contributed by atoms with Crippen LogP contribution in [0.15, 0.2) is 12.1 Å². The van der Waals surface area contributed by atoms with Crippen LogP contribution in [0.2, 0.25) is 0 Å². The summed E-state index contributed by atoms with van der Waals surface area (Å²) in [6.45, 7) is 10.8. The highest BCUT2D eigenvalue weighted by molar-refractivity contribution is 7.77. The molecular weight excluding hydrogens is 301 g/mol. The van der Waals surface area contributed by atoms with Crippen molar-refractivity contribution in [2.45, 2.75) is 66.0 Å². The predicted octanol–water partition coefficient (Wildman–Crippen LogP) is 5.55. The first-order valence-electron chi connectivity index (χ1n) is 9.14. The topological polar surface area (TPSA) is 29.1 Å². The third-order valence-corrected chi connectivity index (χ3v) is 11.3. The van der Waals surface area contributed by atoms with Gasteiger partial charge in [0.1, 0.15) is 5.66 Å². The molecule has 0 aliphatic carbocycles. The lowest BCUT2D eigenvalue weighted by Crippen LogP contribution is -2.31. The van der Waals surface area contributed by atoms with E-state index >= 15 is 0 Å². The Morgan fingerprint density at radius 3 is 2.09 bits per heavy atom. The summed E-state index contributed by atoms with van der Waals surface area (Å²) in [5, 5.41) is 3.27. The van der Waals surface area contributed by atoms with Crippen LogP contribution in [-0.4, -0.2) is 30.1 Å². The highest BCUT2D eigenvalue weighted by Gasteiger charge is 2.45. The van der Waals surface area contributed by atoms with Gasteiger partial charge in [0.05, 0.1) is 18.5 Å². The number of benzene rings is 1. The van der Waals surface area contributed by atoms with E-state index in [-0.39, 0.29) is 11.6 Å². The summed E-state index contributed by atoms with van der Waals surface area (Å²) in [5.41, 5.74) is 4.81. The van der Waals surface area contributed by atoms with E-state index in [2.05, 4.69) is 52.1 Å². The molecule has 1 aliphatic rings. The van der Waals surface area contributed by atoms with Gasteiger partial charge < -0.3 is 5.32 Å². The lowest BCUT2D eigenvalue weighted by atomic mass is 10.1. The first-order chi connectivity index (χ1) is 10.9. The van der Waals surface area contributed by atoms with Crippen LogP contribution in [0.25, 0.3) is 0 Å². The molecule has 0 spiro atoms. The second-order valence-corrected chi connectivity index (χ2v) is 12.1. The summed E-state index contributed by atoms with van der Waals surface area (Å²) in [6, 6.07) is 4.31. The van der Waals surface area contributed by atoms with E-state index in [1.54, 1.807) is 0 Å². The number of aryl methyl sites for hydroxylation is 3. The summed E-state index contributed by atoms with van der Waals surface area (Å²) in [4.78, 5) is 13.0. The van der Waals surface area contributed by atoms with E-state index < -0.39 is 7.26 Å². The molecule has 1 unspecified atom stereocenters. The zero-order valence-corrected chi connectivity index (χ0v) is 16.4. The molecule has 2 nitrogen and oxygen atoms in total. The summed E-state index contributed by atoms with van der Waals surface area (Å²) < 4.78 is 0. The zero-order valence-electron chi connectivity index (χ0n) is 15.5. The molecule has 0 saturated carbocycles. The average Bonchev–Trinajstić information content (AvgIpc) is 2.76. The van der Waals surface area contributed by atoms with Crippen molar-refractivity contribution in [1.29, 1.82) is 0 Å². The third-order valence-electron chi connectivity index (χ3n) is 5.71. The van der Waals surface area contributed by atoms with Crippen molar-refractivity contribution in [2.24, 2.45) is 0 Å². The van der Waals surface area contributed by atoms with Crippen molar-refractivity contribution in [3.8, 4) is 0 Å². The number of hydrogen-bond acceptors (Lipinski definition) is 1. The van der Waals surface area contributed by atoms with Crippen LogP contribution in [0.1, 0.15) is 56.2 Å². The first kappa shape index (κ1) is 18.5. The molecule has 0 bridgehead atoms. The summed E-state index contributed by atoms with van der Waals surface area (Å²) in [6.07, 6.45) is 9.18. The molecule has 1 aromatic rings. The van der Waals surface area contributed by atoms with Crippen LogP contribution in [0.5, 0.6) is 0 Å². The van der Waals surface area contributed by atoms with Crippen molar-refractivity contribution in [3.05, 3.63) is 28.8 Å². The molecule has 23 heavy (non-hydrogen) atoms. The lowest BCUT2D eigenvalue weighted by Gasteiger charge is -2.30. The molecular formula is C20H33NOP+. The molecule has 1 aromatic carbocycles. The van der Waals surface area contributed by atoms with Gasteiger partial charge in [-0.25, -0.2) is 0 Å². The van der Waals surface area contributed by atoms with E-state index in [1.807, 2.05) is 0 Å². The van der Waals surface area contributed by atoms with Gasteiger partial charge in [0.25, 0.3) is 5.91 Å². The maximum Gasteiger partial charge on any atom is 0.264 e. The van der Waals surface area contributed by atoms with Gasteiger partial charge >= 0.3 is 0 Å². The van der Waals surface area contributed by atoms with E-state index in [1.165, 1.54) is 60.9 Å². The van der Waals surface area contributed by atoms with Gasteiger partial charge in [-0.1, -0.05) is 17.7 Å². The minimum atomic E-state index is -1.15. The van der Waals surface area contributed by atoms with E-state index in [9.17, 15) is 4.79 Å². The first-order valence-corrected chi connectivity index (χ1v) is 11.6. The Balaban J connectivity index is 2.19. The molecule has 1 amide bonds. The van der Waals surface area contributed by atoms with E-state index in [0.717, 1.165) is 5.69 Å². The SMILES string of the molecule is CC[P+]1(C(C)C(=O)Nc2c(C)cc(C)cc2C)CCCCCC1. The number of hydrogen-bond donors (Lipinski definition) is 1. The number of amides is 1. The quantitative estimate of drug-likeness (QED) is 0.719. The number of rotatable bonds is 4. The lowest BCUT2D eigenvalue weighted by molar-refractivity contribution is -0.115. The van der Waals surface area contributed by atoms with Gasteiger partial charge in [-0.2, -0.15) is 0 Å². The minimum absolute atomic E-state index is 0.186. The molecule has 1 heterocycles. The molecule has 1 N–H and O–H groups in total. The summed E-state index contributed by atoms with van der Waals surface area (Å²) >= 11 is 0. The van der Waals surface area contributed by atoms with Crippen LogP contribution in [0.3, 0.4) is 0 Å². The molecule has 1 aliphatic heterocycles. The maximum atomic E-state index is 13.0. The second-order valence-electron chi connectivity index (χ2n) is 7.34. The Morgan fingerprint density at radius 2 is 1.61 bits per heavy atom. The van der Waals surface area contributed by atoms with Crippen LogP contribution >= 0.6 is 7.26 Å². The van der Waals surface area contributed by atoms with Gasteiger partial charge in [-0.15, -0.1) is 0 Å². The van der Waals surface area contributed by atoms with Crippen molar-refractivity contribution >= 4 is 18.9 Å². The Kier molecular flexibility index (Phi) is 6.26. The molecule has 1 atom stereocenters. The monoisotopic (exact) mass is 334 g/mol. The largest absolute Gasteiger partial charge is 0.322 e. The fourth-order valence-corrected chi connectivity index (χ4v) is 8.60. The molecule has 3 heteroatoms. The minimum Gasteiger partial charge on any atom is -0.322 e. The van der Waals surface area contributed by atoms with Gasteiger partial charge in [-0.3, -0.25) is 4.79 Å². The van der Waals surface area contributed by atoms with Gasteiger partial charge in [-0.05, 0) is 71.4 Å². The molecule has 128 valence electrons. The van der Waals surface area contributed by atoms with Crippen molar-refractivity contribution < 1.29 is 4.79 Å². The van der Waals surface area contributed by atoms with Gasteiger partial charge in [0.2, 0.25) is 0 Å². The summed E-state index contributed by atoms with van der Waals surface area (Å²) in [5.74, 6) is 0.247. The Hall–Kier alpha value is -0.880. The number of anilines is 1. The highest BCUT2D eigenvalue weighted by Crippen LogP contribution is 2.65. The zero-order chi connectivity index (χ0) is 17.0. The van der Waals surface area contributed by atoms with Crippen LogP contribution in [0.4, 0.5) is 5.69 Å².